The summed E-state index contributed by atoms with van der Waals surface area (Å²) >= 11 is 0. The zero-order valence-electron chi connectivity index (χ0n) is 11.0. The molecule has 1 aromatic heterocycles. The molecule has 0 saturated heterocycles. The fourth-order valence-corrected chi connectivity index (χ4v) is 1.59. The van der Waals surface area contributed by atoms with Gasteiger partial charge in [0.05, 0.1) is 12.3 Å². The summed E-state index contributed by atoms with van der Waals surface area (Å²) in [6.07, 6.45) is 0.796. The van der Waals surface area contributed by atoms with Crippen molar-refractivity contribution in [2.75, 3.05) is 6.61 Å². The van der Waals surface area contributed by atoms with Crippen LogP contribution in [0.1, 0.15) is 26.6 Å². The molecule has 0 aliphatic carbocycles. The molecule has 0 N–H and O–H groups in total. The molecule has 5 heteroatoms. The first-order chi connectivity index (χ1) is 8.70. The van der Waals surface area contributed by atoms with Gasteiger partial charge in [-0.15, -0.1) is 5.10 Å². The molecule has 0 aliphatic rings. The lowest BCUT2D eigenvalue weighted by Crippen LogP contribution is -2.06. The molecule has 0 bridgehead atoms. The second-order valence-electron chi connectivity index (χ2n) is 4.56. The average molecular weight is 246 g/mol. The number of aromatic nitrogens is 4. The van der Waals surface area contributed by atoms with Crippen LogP contribution < -0.4 is 4.74 Å². The van der Waals surface area contributed by atoms with Crippen LogP contribution in [0.3, 0.4) is 0 Å². The summed E-state index contributed by atoms with van der Waals surface area (Å²) in [5, 5.41) is 11.7. The van der Waals surface area contributed by atoms with Gasteiger partial charge in [-0.1, -0.05) is 26.8 Å². The highest BCUT2D eigenvalue weighted by Crippen LogP contribution is 2.17. The molecule has 18 heavy (non-hydrogen) atoms. The number of hydrogen-bond acceptors (Lipinski definition) is 4. The maximum atomic E-state index is 5.70. The van der Waals surface area contributed by atoms with Crippen molar-refractivity contribution in [3.05, 3.63) is 30.1 Å². The minimum Gasteiger partial charge on any atom is -0.493 e. The van der Waals surface area contributed by atoms with E-state index in [2.05, 4.69) is 29.4 Å². The fraction of sp³-hybridized carbons (Fsp3) is 0.462. The van der Waals surface area contributed by atoms with Gasteiger partial charge in [0.2, 0.25) is 0 Å². The standard InChI is InChI=1S/C13H18N4O/c1-4-13-14-15-16-17(13)11-6-5-7-12(8-11)18-9-10(2)3/h5-8,10H,4,9H2,1-3H3. The van der Waals surface area contributed by atoms with Crippen LogP contribution in [0.25, 0.3) is 5.69 Å². The first-order valence-corrected chi connectivity index (χ1v) is 6.21. The molecular weight excluding hydrogens is 228 g/mol. The number of rotatable bonds is 5. The third-order valence-electron chi connectivity index (χ3n) is 2.50. The van der Waals surface area contributed by atoms with Gasteiger partial charge in [0, 0.05) is 12.5 Å². The van der Waals surface area contributed by atoms with Gasteiger partial charge in [0.25, 0.3) is 0 Å². The van der Waals surface area contributed by atoms with E-state index in [1.165, 1.54) is 0 Å². The Hall–Kier alpha value is -1.91. The van der Waals surface area contributed by atoms with E-state index < -0.39 is 0 Å². The Kier molecular flexibility index (Phi) is 3.92. The molecule has 96 valence electrons. The summed E-state index contributed by atoms with van der Waals surface area (Å²) in [6.45, 7) is 6.99. The van der Waals surface area contributed by atoms with Crippen molar-refractivity contribution >= 4 is 0 Å². The van der Waals surface area contributed by atoms with Crippen molar-refractivity contribution in [2.45, 2.75) is 27.2 Å². The quantitative estimate of drug-likeness (QED) is 0.812. The lowest BCUT2D eigenvalue weighted by Gasteiger charge is -2.10. The number of nitrogens with zero attached hydrogens (tertiary/aromatic N) is 4. The second kappa shape index (κ2) is 5.62. The monoisotopic (exact) mass is 246 g/mol. The lowest BCUT2D eigenvalue weighted by atomic mass is 10.2. The summed E-state index contributed by atoms with van der Waals surface area (Å²) in [5.41, 5.74) is 0.929. The van der Waals surface area contributed by atoms with E-state index in [1.54, 1.807) is 4.68 Å². The predicted octanol–water partition coefficient (Wildman–Crippen LogP) is 2.26. The Labute approximate surface area is 107 Å². The summed E-state index contributed by atoms with van der Waals surface area (Å²) in [5.74, 6) is 2.20. The van der Waals surface area contributed by atoms with E-state index in [0.717, 1.165) is 23.7 Å². The lowest BCUT2D eigenvalue weighted by molar-refractivity contribution is 0.271. The third-order valence-corrected chi connectivity index (χ3v) is 2.50. The van der Waals surface area contributed by atoms with Gasteiger partial charge in [-0.2, -0.15) is 4.68 Å². The first-order valence-electron chi connectivity index (χ1n) is 6.21. The third kappa shape index (κ3) is 2.85. The fourth-order valence-electron chi connectivity index (χ4n) is 1.59. The highest BCUT2D eigenvalue weighted by Gasteiger charge is 2.07. The minimum atomic E-state index is 0.507. The molecule has 0 saturated carbocycles. The normalized spacial score (nSPS) is 10.9. The average Bonchev–Trinajstić information content (AvgIpc) is 2.85. The summed E-state index contributed by atoms with van der Waals surface area (Å²) < 4.78 is 7.44. The summed E-state index contributed by atoms with van der Waals surface area (Å²) in [7, 11) is 0. The number of aryl methyl sites for hydroxylation is 1. The molecule has 2 rings (SSSR count). The number of ether oxygens (including phenoxy) is 1. The van der Waals surface area contributed by atoms with E-state index in [1.807, 2.05) is 31.2 Å². The summed E-state index contributed by atoms with van der Waals surface area (Å²) in [6, 6.07) is 7.82. The number of benzene rings is 1. The molecular formula is C13H18N4O. The van der Waals surface area contributed by atoms with Gasteiger partial charge < -0.3 is 4.74 Å². The molecule has 0 unspecified atom stereocenters. The Balaban J connectivity index is 2.21. The van der Waals surface area contributed by atoms with Gasteiger partial charge in [0.15, 0.2) is 5.82 Å². The maximum Gasteiger partial charge on any atom is 0.156 e. The van der Waals surface area contributed by atoms with Crippen molar-refractivity contribution in [1.82, 2.24) is 20.2 Å². The molecule has 0 fully saturated rings. The molecule has 0 aliphatic heterocycles. The summed E-state index contributed by atoms with van der Waals surface area (Å²) in [4.78, 5) is 0. The minimum absolute atomic E-state index is 0.507. The van der Waals surface area contributed by atoms with E-state index in [0.29, 0.717) is 12.5 Å². The van der Waals surface area contributed by atoms with E-state index in [-0.39, 0.29) is 0 Å². The van der Waals surface area contributed by atoms with Crippen LogP contribution >= 0.6 is 0 Å². The van der Waals surface area contributed by atoms with Gasteiger partial charge in [-0.05, 0) is 28.5 Å². The first kappa shape index (κ1) is 12.5. The molecule has 1 aromatic carbocycles. The Morgan fingerprint density at radius 2 is 2.17 bits per heavy atom. The molecule has 0 atom stereocenters. The van der Waals surface area contributed by atoms with Gasteiger partial charge in [0.1, 0.15) is 5.75 Å². The van der Waals surface area contributed by atoms with Crippen LogP contribution in [0.2, 0.25) is 0 Å². The SMILES string of the molecule is CCc1nnnn1-c1cccc(OCC(C)C)c1. The number of hydrogen-bond donors (Lipinski definition) is 0. The molecule has 5 nitrogen and oxygen atoms in total. The van der Waals surface area contributed by atoms with Crippen molar-refractivity contribution in [1.29, 1.82) is 0 Å². The van der Waals surface area contributed by atoms with Gasteiger partial charge in [-0.3, -0.25) is 0 Å². The Morgan fingerprint density at radius 1 is 1.33 bits per heavy atom. The Bertz CT molecular complexity index is 507. The van der Waals surface area contributed by atoms with Crippen molar-refractivity contribution in [2.24, 2.45) is 5.92 Å². The van der Waals surface area contributed by atoms with Crippen LogP contribution in [0, 0.1) is 5.92 Å². The number of tetrazole rings is 1. The highest BCUT2D eigenvalue weighted by molar-refractivity contribution is 5.38. The zero-order chi connectivity index (χ0) is 13.0. The molecule has 0 spiro atoms. The van der Waals surface area contributed by atoms with Gasteiger partial charge in [-0.25, -0.2) is 0 Å². The van der Waals surface area contributed by atoms with Crippen molar-refractivity contribution in [3.8, 4) is 11.4 Å². The molecule has 0 amide bonds. The smallest absolute Gasteiger partial charge is 0.156 e. The molecule has 2 aromatic rings. The zero-order valence-corrected chi connectivity index (χ0v) is 11.0. The maximum absolute atomic E-state index is 5.70. The van der Waals surface area contributed by atoms with Crippen LogP contribution in [-0.4, -0.2) is 26.8 Å². The molecule has 0 radical (unpaired) electrons. The van der Waals surface area contributed by atoms with Crippen LogP contribution in [0.15, 0.2) is 24.3 Å². The largest absolute Gasteiger partial charge is 0.493 e. The van der Waals surface area contributed by atoms with Crippen molar-refractivity contribution < 1.29 is 4.74 Å². The van der Waals surface area contributed by atoms with Crippen molar-refractivity contribution in [3.63, 3.8) is 0 Å². The van der Waals surface area contributed by atoms with Gasteiger partial charge >= 0.3 is 0 Å². The highest BCUT2D eigenvalue weighted by atomic mass is 16.5. The predicted molar refractivity (Wildman–Crippen MR) is 68.9 cm³/mol. The topological polar surface area (TPSA) is 52.8 Å². The van der Waals surface area contributed by atoms with Crippen LogP contribution in [0.4, 0.5) is 0 Å². The van der Waals surface area contributed by atoms with Crippen LogP contribution in [0.5, 0.6) is 5.75 Å². The van der Waals surface area contributed by atoms with E-state index in [9.17, 15) is 0 Å². The molecule has 1 heterocycles. The van der Waals surface area contributed by atoms with E-state index >= 15 is 0 Å². The van der Waals surface area contributed by atoms with Crippen LogP contribution in [-0.2, 0) is 6.42 Å². The Morgan fingerprint density at radius 3 is 2.89 bits per heavy atom. The second-order valence-corrected chi connectivity index (χ2v) is 4.56. The van der Waals surface area contributed by atoms with E-state index in [4.69, 9.17) is 4.74 Å².